The average Bonchev–Trinajstić information content (AvgIpc) is 2.85. The van der Waals surface area contributed by atoms with Gasteiger partial charge in [-0.1, -0.05) is 68.2 Å². The summed E-state index contributed by atoms with van der Waals surface area (Å²) in [4.78, 5) is 17.6. The van der Waals surface area contributed by atoms with Gasteiger partial charge in [0.1, 0.15) is 11.4 Å². The second kappa shape index (κ2) is 11.2. The van der Waals surface area contributed by atoms with E-state index < -0.39 is 30.6 Å². The van der Waals surface area contributed by atoms with Crippen molar-refractivity contribution in [3.63, 3.8) is 0 Å². The molecule has 3 rings (SSSR count). The highest BCUT2D eigenvalue weighted by atomic mass is 31.1. The molecule has 1 heterocycles. The van der Waals surface area contributed by atoms with Crippen LogP contribution in [0.5, 0.6) is 0 Å². The van der Waals surface area contributed by atoms with Gasteiger partial charge in [-0.15, -0.1) is 0 Å². The van der Waals surface area contributed by atoms with Crippen molar-refractivity contribution in [1.29, 1.82) is 0 Å². The number of aliphatic hydroxyl groups is 1. The van der Waals surface area contributed by atoms with Crippen molar-refractivity contribution in [2.75, 3.05) is 7.11 Å². The van der Waals surface area contributed by atoms with Crippen LogP contribution in [0.3, 0.4) is 0 Å². The number of hydrogen-bond acceptors (Lipinski definition) is 5. The Morgan fingerprint density at radius 3 is 2.36 bits per heavy atom. The van der Waals surface area contributed by atoms with Crippen LogP contribution in [0.25, 0.3) is 11.3 Å². The summed E-state index contributed by atoms with van der Waals surface area (Å²) in [5, 5.41) is 20.3. The van der Waals surface area contributed by atoms with Crippen LogP contribution in [0.15, 0.2) is 66.7 Å². The molecule has 3 aromatic rings. The Balaban J connectivity index is 2.37. The molecule has 0 fully saturated rings. The van der Waals surface area contributed by atoms with Crippen molar-refractivity contribution in [3.8, 4) is 23.1 Å². The Morgan fingerprint density at radius 1 is 1.11 bits per heavy atom. The van der Waals surface area contributed by atoms with Crippen LogP contribution in [0, 0.1) is 30.5 Å². The molecule has 0 spiro atoms. The number of halogens is 1. The van der Waals surface area contributed by atoms with E-state index >= 15 is 0 Å². The zero-order chi connectivity index (χ0) is 26.5. The Morgan fingerprint density at radius 2 is 1.78 bits per heavy atom. The molecule has 3 atom stereocenters. The van der Waals surface area contributed by atoms with Gasteiger partial charge >= 0.3 is 5.97 Å². The lowest BCUT2D eigenvalue weighted by Crippen LogP contribution is -2.56. The predicted molar refractivity (Wildman–Crippen MR) is 137 cm³/mol. The molecular weight excluding hydrogens is 480 g/mol. The predicted octanol–water partition coefficient (Wildman–Crippen LogP) is 5.23. The van der Waals surface area contributed by atoms with Crippen LogP contribution >= 0.6 is 8.03 Å². The minimum absolute atomic E-state index is 0.0385. The van der Waals surface area contributed by atoms with Gasteiger partial charge < -0.3 is 14.7 Å². The summed E-state index contributed by atoms with van der Waals surface area (Å²) in [6.45, 7) is 5.41. The van der Waals surface area contributed by atoms with Crippen LogP contribution in [0.1, 0.15) is 30.7 Å². The standard InChI is InChI=1S/C28H29FNO5P/c1-19(2)16-17-28(26(31)32,36(34)35-4)27(33,18-21-12-14-22(29)15-13-21)25-11-7-10-24(30-25)23-9-6-5-8-20(23)3/h5-15,19,33,36H,18H2,1-4H3,(H,31,32). The summed E-state index contributed by atoms with van der Waals surface area (Å²) in [5.74, 6) is 3.02. The van der Waals surface area contributed by atoms with E-state index in [0.29, 0.717) is 11.3 Å². The first kappa shape index (κ1) is 27.3. The average molecular weight is 510 g/mol. The van der Waals surface area contributed by atoms with E-state index in [0.717, 1.165) is 18.2 Å². The van der Waals surface area contributed by atoms with E-state index in [1.54, 1.807) is 26.0 Å². The number of carboxylic acid groups (broad SMARTS) is 1. The van der Waals surface area contributed by atoms with Crippen molar-refractivity contribution in [2.24, 2.45) is 5.92 Å². The first-order valence-corrected chi connectivity index (χ1v) is 12.7. The monoisotopic (exact) mass is 509 g/mol. The zero-order valence-corrected chi connectivity index (χ0v) is 21.6. The molecule has 0 bridgehead atoms. The van der Waals surface area contributed by atoms with E-state index in [9.17, 15) is 24.0 Å². The number of benzene rings is 2. The zero-order valence-electron chi connectivity index (χ0n) is 20.6. The molecule has 2 N–H and O–H groups in total. The molecule has 0 aliphatic carbocycles. The third-order valence-electron chi connectivity index (χ3n) is 5.95. The normalized spacial score (nSPS) is 15.3. The molecule has 3 unspecified atom stereocenters. The fourth-order valence-electron chi connectivity index (χ4n) is 4.03. The SMILES string of the molecule is CO[PH](=O)C(C#CC(C)C)(C(=O)O)C(O)(Cc1ccc(F)cc1)c1cccc(-c2ccccc2C)n1. The number of aromatic nitrogens is 1. The highest BCUT2D eigenvalue weighted by molar-refractivity contribution is 7.43. The molecule has 8 heteroatoms. The number of aryl methyl sites for hydroxylation is 1. The molecule has 0 saturated heterocycles. The molecule has 0 radical (unpaired) electrons. The first-order chi connectivity index (χ1) is 17.0. The van der Waals surface area contributed by atoms with Crippen LogP contribution in [0.4, 0.5) is 4.39 Å². The molecule has 1 aromatic heterocycles. The number of carboxylic acids is 1. The van der Waals surface area contributed by atoms with Crippen molar-refractivity contribution in [3.05, 3.63) is 89.4 Å². The van der Waals surface area contributed by atoms with Crippen molar-refractivity contribution in [1.82, 2.24) is 4.98 Å². The molecule has 2 aromatic carbocycles. The number of rotatable bonds is 8. The Labute approximate surface area is 211 Å². The third-order valence-corrected chi connectivity index (χ3v) is 7.68. The topological polar surface area (TPSA) is 96.7 Å². The van der Waals surface area contributed by atoms with Gasteiger partial charge in [0.2, 0.25) is 13.2 Å². The largest absolute Gasteiger partial charge is 0.480 e. The highest BCUT2D eigenvalue weighted by Gasteiger charge is 2.62. The van der Waals surface area contributed by atoms with Crippen molar-refractivity contribution >= 4 is 14.0 Å². The molecule has 0 aliphatic heterocycles. The number of hydrogen-bond donors (Lipinski definition) is 2. The number of nitrogens with zero attached hydrogens (tertiary/aromatic N) is 1. The maximum absolute atomic E-state index is 13.6. The maximum atomic E-state index is 13.6. The minimum atomic E-state index is -3.52. The Kier molecular flexibility index (Phi) is 8.47. The maximum Gasteiger partial charge on any atom is 0.335 e. The lowest BCUT2D eigenvalue weighted by Gasteiger charge is -2.39. The van der Waals surface area contributed by atoms with Gasteiger partial charge in [-0.2, -0.15) is 0 Å². The van der Waals surface area contributed by atoms with E-state index in [1.807, 2.05) is 31.2 Å². The minimum Gasteiger partial charge on any atom is -0.480 e. The lowest BCUT2D eigenvalue weighted by molar-refractivity contribution is -0.146. The quantitative estimate of drug-likeness (QED) is 0.319. The molecule has 188 valence electrons. The van der Waals surface area contributed by atoms with E-state index in [-0.39, 0.29) is 18.0 Å². The van der Waals surface area contributed by atoms with Crippen LogP contribution in [-0.4, -0.2) is 33.4 Å². The van der Waals surface area contributed by atoms with E-state index in [4.69, 9.17) is 4.52 Å². The molecule has 0 amide bonds. The second-order valence-electron chi connectivity index (χ2n) is 8.86. The van der Waals surface area contributed by atoms with Crippen LogP contribution < -0.4 is 0 Å². The smallest absolute Gasteiger partial charge is 0.335 e. The summed E-state index contributed by atoms with van der Waals surface area (Å²) < 4.78 is 32.1. The summed E-state index contributed by atoms with van der Waals surface area (Å²) in [5.41, 5.74) is 0.184. The lowest BCUT2D eigenvalue weighted by atomic mass is 9.78. The molecule has 6 nitrogen and oxygen atoms in total. The molecule has 0 saturated carbocycles. The number of aliphatic carboxylic acids is 1. The van der Waals surface area contributed by atoms with Crippen molar-refractivity contribution < 1.29 is 28.5 Å². The van der Waals surface area contributed by atoms with Gasteiger partial charge in [-0.3, -0.25) is 4.57 Å². The highest BCUT2D eigenvalue weighted by Crippen LogP contribution is 2.52. The van der Waals surface area contributed by atoms with Gasteiger partial charge in [-0.05, 0) is 42.3 Å². The number of carbonyl (C=O) groups is 1. The molecule has 0 aliphatic rings. The summed E-state index contributed by atoms with van der Waals surface area (Å²) in [7, 11) is -2.41. The van der Waals surface area contributed by atoms with Gasteiger partial charge in [0, 0.05) is 25.0 Å². The van der Waals surface area contributed by atoms with Gasteiger partial charge in [0.05, 0.1) is 11.4 Å². The van der Waals surface area contributed by atoms with Crippen LogP contribution in [0.2, 0.25) is 0 Å². The van der Waals surface area contributed by atoms with E-state index in [1.165, 1.54) is 30.3 Å². The Bertz CT molecular complexity index is 1330. The van der Waals surface area contributed by atoms with Crippen molar-refractivity contribution in [2.45, 2.75) is 37.9 Å². The van der Waals surface area contributed by atoms with Gasteiger partial charge in [0.25, 0.3) is 0 Å². The van der Waals surface area contributed by atoms with Gasteiger partial charge in [-0.25, -0.2) is 14.2 Å². The van der Waals surface area contributed by atoms with Crippen LogP contribution in [-0.2, 0) is 25.9 Å². The number of pyridine rings is 1. The van der Waals surface area contributed by atoms with Gasteiger partial charge in [0.15, 0.2) is 0 Å². The fraction of sp³-hybridized carbons (Fsp3) is 0.286. The molecular formula is C28H29FNO5P. The Hall–Kier alpha value is -3.30. The van der Waals surface area contributed by atoms with E-state index in [2.05, 4.69) is 16.8 Å². The first-order valence-electron chi connectivity index (χ1n) is 11.4. The second-order valence-corrected chi connectivity index (χ2v) is 10.6. The summed E-state index contributed by atoms with van der Waals surface area (Å²) in [6.07, 6.45) is -0.351. The fourth-order valence-corrected chi connectivity index (χ4v) is 5.24. The third kappa shape index (κ3) is 5.27. The summed E-state index contributed by atoms with van der Waals surface area (Å²) in [6, 6.07) is 17.6. The molecule has 36 heavy (non-hydrogen) atoms. The summed E-state index contributed by atoms with van der Waals surface area (Å²) >= 11 is 0.